The van der Waals surface area contributed by atoms with Crippen molar-refractivity contribution in [2.45, 2.75) is 13.5 Å². The van der Waals surface area contributed by atoms with Crippen molar-refractivity contribution in [2.75, 3.05) is 20.3 Å². The molecule has 17 heavy (non-hydrogen) atoms. The molecule has 3 nitrogen and oxygen atoms in total. The number of benzene rings is 1. The van der Waals surface area contributed by atoms with Crippen molar-refractivity contribution in [3.63, 3.8) is 0 Å². The highest BCUT2D eigenvalue weighted by Gasteiger charge is 2.04. The maximum Gasteiger partial charge on any atom is 0.161 e. The van der Waals surface area contributed by atoms with Crippen LogP contribution in [-0.4, -0.2) is 20.3 Å². The zero-order valence-electron chi connectivity index (χ0n) is 10.4. The van der Waals surface area contributed by atoms with Crippen molar-refractivity contribution in [3.05, 3.63) is 36.4 Å². The third kappa shape index (κ3) is 5.11. The molecule has 4 heteroatoms. The summed E-state index contributed by atoms with van der Waals surface area (Å²) in [6.07, 6.45) is 1.84. The van der Waals surface area contributed by atoms with Gasteiger partial charge in [-0.25, -0.2) is 0 Å². The first-order valence-electron chi connectivity index (χ1n) is 5.43. The van der Waals surface area contributed by atoms with E-state index < -0.39 is 0 Å². The molecule has 0 atom stereocenters. The van der Waals surface area contributed by atoms with Crippen LogP contribution in [0.4, 0.5) is 0 Å². The van der Waals surface area contributed by atoms with Gasteiger partial charge in [0.2, 0.25) is 0 Å². The van der Waals surface area contributed by atoms with Gasteiger partial charge in [-0.15, -0.1) is 19.0 Å². The van der Waals surface area contributed by atoms with Crippen LogP contribution in [0.1, 0.15) is 12.5 Å². The molecule has 0 aliphatic carbocycles. The predicted molar refractivity (Wildman–Crippen MR) is 73.3 cm³/mol. The van der Waals surface area contributed by atoms with Crippen molar-refractivity contribution in [2.24, 2.45) is 0 Å². The Kier molecular flexibility index (Phi) is 8.28. The summed E-state index contributed by atoms with van der Waals surface area (Å²) in [4.78, 5) is 0. The largest absolute Gasteiger partial charge is 0.493 e. The van der Waals surface area contributed by atoms with E-state index >= 15 is 0 Å². The van der Waals surface area contributed by atoms with Gasteiger partial charge in [0.15, 0.2) is 11.5 Å². The molecular formula is C13H20ClNO2. The van der Waals surface area contributed by atoms with Crippen molar-refractivity contribution >= 4 is 12.4 Å². The Bertz CT molecular complexity index is 342. The highest BCUT2D eigenvalue weighted by Crippen LogP contribution is 2.27. The highest BCUT2D eigenvalue weighted by molar-refractivity contribution is 5.85. The minimum Gasteiger partial charge on any atom is -0.493 e. The van der Waals surface area contributed by atoms with E-state index in [1.165, 1.54) is 5.56 Å². The van der Waals surface area contributed by atoms with Crippen molar-refractivity contribution in [3.8, 4) is 11.5 Å². The molecular weight excluding hydrogens is 238 g/mol. The maximum atomic E-state index is 5.45. The van der Waals surface area contributed by atoms with Gasteiger partial charge in [-0.2, -0.15) is 0 Å². The number of ether oxygens (including phenoxy) is 2. The Morgan fingerprint density at radius 3 is 2.71 bits per heavy atom. The lowest BCUT2D eigenvalue weighted by Crippen LogP contribution is -2.12. The molecule has 0 amide bonds. The molecule has 96 valence electrons. The first-order valence-corrected chi connectivity index (χ1v) is 5.43. The molecule has 1 rings (SSSR count). The minimum atomic E-state index is 0. The molecule has 0 heterocycles. The molecule has 0 saturated carbocycles. The molecule has 1 N–H and O–H groups in total. The molecule has 0 aliphatic heterocycles. The quantitative estimate of drug-likeness (QED) is 0.602. The fourth-order valence-corrected chi connectivity index (χ4v) is 1.42. The van der Waals surface area contributed by atoms with Crippen molar-refractivity contribution in [1.29, 1.82) is 0 Å². The van der Waals surface area contributed by atoms with E-state index in [-0.39, 0.29) is 12.4 Å². The molecule has 0 spiro atoms. The highest BCUT2D eigenvalue weighted by atomic mass is 35.5. The number of nitrogens with one attached hydrogen (secondary N) is 1. The van der Waals surface area contributed by atoms with E-state index in [4.69, 9.17) is 9.47 Å². The summed E-state index contributed by atoms with van der Waals surface area (Å²) in [5.74, 6) is 1.57. The van der Waals surface area contributed by atoms with Crippen molar-refractivity contribution in [1.82, 2.24) is 5.32 Å². The van der Waals surface area contributed by atoms with Crippen LogP contribution in [0.3, 0.4) is 0 Å². The number of hydrogen-bond acceptors (Lipinski definition) is 3. The molecule has 0 fully saturated rings. The van der Waals surface area contributed by atoms with Crippen LogP contribution in [-0.2, 0) is 6.54 Å². The number of rotatable bonds is 7. The van der Waals surface area contributed by atoms with Gasteiger partial charge >= 0.3 is 0 Å². The Morgan fingerprint density at radius 2 is 2.12 bits per heavy atom. The summed E-state index contributed by atoms with van der Waals surface area (Å²) in [6.45, 7) is 7.86. The topological polar surface area (TPSA) is 30.5 Å². The summed E-state index contributed by atoms with van der Waals surface area (Å²) < 4.78 is 10.7. The van der Waals surface area contributed by atoms with Crippen LogP contribution >= 0.6 is 12.4 Å². The summed E-state index contributed by atoms with van der Waals surface area (Å²) in [7, 11) is 1.65. The number of methoxy groups -OCH3 is 1. The molecule has 1 aromatic carbocycles. The van der Waals surface area contributed by atoms with E-state index in [0.29, 0.717) is 6.61 Å². The third-order valence-corrected chi connectivity index (χ3v) is 2.15. The minimum absolute atomic E-state index is 0. The molecule has 0 saturated heterocycles. The second kappa shape index (κ2) is 8.90. The summed E-state index contributed by atoms with van der Waals surface area (Å²) in [6, 6.07) is 5.96. The van der Waals surface area contributed by atoms with Crippen LogP contribution in [0, 0.1) is 0 Å². The van der Waals surface area contributed by atoms with E-state index in [0.717, 1.165) is 24.6 Å². The average molecular weight is 258 g/mol. The van der Waals surface area contributed by atoms with Gasteiger partial charge in [0.25, 0.3) is 0 Å². The van der Waals surface area contributed by atoms with Gasteiger partial charge in [0.1, 0.15) is 0 Å². The van der Waals surface area contributed by atoms with Crippen LogP contribution in [0.25, 0.3) is 0 Å². The fraction of sp³-hybridized carbons (Fsp3) is 0.385. The Morgan fingerprint density at radius 1 is 1.35 bits per heavy atom. The van der Waals surface area contributed by atoms with E-state index in [2.05, 4.69) is 11.9 Å². The lowest BCUT2D eigenvalue weighted by molar-refractivity contribution is 0.310. The molecule has 0 bridgehead atoms. The number of hydrogen-bond donors (Lipinski definition) is 1. The lowest BCUT2D eigenvalue weighted by atomic mass is 10.2. The fourth-order valence-electron chi connectivity index (χ4n) is 1.42. The van der Waals surface area contributed by atoms with E-state index in [9.17, 15) is 0 Å². The van der Waals surface area contributed by atoms with Crippen LogP contribution < -0.4 is 14.8 Å². The van der Waals surface area contributed by atoms with Crippen molar-refractivity contribution < 1.29 is 9.47 Å². The van der Waals surface area contributed by atoms with E-state index in [1.807, 2.05) is 31.2 Å². The SMILES string of the molecule is C=CCNCc1ccc(OCC)c(OC)c1.Cl. The molecule has 0 unspecified atom stereocenters. The molecule has 0 radical (unpaired) electrons. The van der Waals surface area contributed by atoms with Crippen LogP contribution in [0.2, 0.25) is 0 Å². The smallest absolute Gasteiger partial charge is 0.161 e. The van der Waals surface area contributed by atoms with Gasteiger partial charge in [0, 0.05) is 13.1 Å². The van der Waals surface area contributed by atoms with Crippen LogP contribution in [0.15, 0.2) is 30.9 Å². The molecule has 1 aromatic rings. The second-order valence-electron chi connectivity index (χ2n) is 3.34. The number of halogens is 1. The third-order valence-electron chi connectivity index (χ3n) is 2.15. The molecule has 0 aliphatic rings. The lowest BCUT2D eigenvalue weighted by Gasteiger charge is -2.11. The van der Waals surface area contributed by atoms with E-state index in [1.54, 1.807) is 7.11 Å². The Balaban J connectivity index is 0.00000256. The van der Waals surface area contributed by atoms with Gasteiger partial charge < -0.3 is 14.8 Å². The maximum absolute atomic E-state index is 5.45. The Labute approximate surface area is 109 Å². The van der Waals surface area contributed by atoms with Gasteiger partial charge in [-0.1, -0.05) is 12.1 Å². The zero-order chi connectivity index (χ0) is 11.8. The summed E-state index contributed by atoms with van der Waals surface area (Å²) in [5.41, 5.74) is 1.17. The van der Waals surface area contributed by atoms with Crippen LogP contribution in [0.5, 0.6) is 11.5 Å². The van der Waals surface area contributed by atoms with Gasteiger partial charge in [-0.05, 0) is 24.6 Å². The summed E-state index contributed by atoms with van der Waals surface area (Å²) in [5, 5.41) is 3.24. The normalized spacial score (nSPS) is 9.29. The second-order valence-corrected chi connectivity index (χ2v) is 3.34. The molecule has 0 aromatic heterocycles. The Hall–Kier alpha value is -1.19. The summed E-state index contributed by atoms with van der Waals surface area (Å²) >= 11 is 0. The van der Waals surface area contributed by atoms with Gasteiger partial charge in [-0.3, -0.25) is 0 Å². The zero-order valence-corrected chi connectivity index (χ0v) is 11.2. The standard InChI is InChI=1S/C13H19NO2.ClH/c1-4-8-14-10-11-6-7-12(16-5-2)13(9-11)15-3;/h4,6-7,9,14H,1,5,8,10H2,2-3H3;1H. The average Bonchev–Trinajstić information content (AvgIpc) is 2.31. The first kappa shape index (κ1) is 15.8. The van der Waals surface area contributed by atoms with Gasteiger partial charge in [0.05, 0.1) is 13.7 Å². The predicted octanol–water partition coefficient (Wildman–Crippen LogP) is 2.79. The monoisotopic (exact) mass is 257 g/mol. The first-order chi connectivity index (χ1) is 7.81.